The van der Waals surface area contributed by atoms with Gasteiger partial charge in [0, 0.05) is 25.8 Å². The molecule has 172 valence electrons. The number of nitrogens with one attached hydrogen (secondary N) is 1. The summed E-state index contributed by atoms with van der Waals surface area (Å²) in [4.78, 5) is 34.2. The van der Waals surface area contributed by atoms with Crippen molar-refractivity contribution in [2.45, 2.75) is 6.42 Å². The number of carbonyl (C=O) groups excluding carboxylic acids is 2. The van der Waals surface area contributed by atoms with Crippen molar-refractivity contribution in [1.82, 2.24) is 29.8 Å². The van der Waals surface area contributed by atoms with Gasteiger partial charge in [-0.1, -0.05) is 29.3 Å². The minimum absolute atomic E-state index is 0.0681. The van der Waals surface area contributed by atoms with Gasteiger partial charge in [-0.05, 0) is 44.3 Å². The van der Waals surface area contributed by atoms with Crippen molar-refractivity contribution in [1.29, 1.82) is 0 Å². The number of amides is 2. The van der Waals surface area contributed by atoms with Crippen molar-refractivity contribution in [2.24, 2.45) is 5.73 Å². The van der Waals surface area contributed by atoms with Crippen molar-refractivity contribution >= 4 is 46.7 Å². The summed E-state index contributed by atoms with van der Waals surface area (Å²) in [6, 6.07) is 8.24. The van der Waals surface area contributed by atoms with Gasteiger partial charge >= 0.3 is 0 Å². The Labute approximate surface area is 200 Å². The zero-order valence-corrected chi connectivity index (χ0v) is 19.3. The maximum atomic E-state index is 12.8. The molecule has 10 nitrogen and oxygen atoms in total. The summed E-state index contributed by atoms with van der Waals surface area (Å²) in [6.45, 7) is 3.18. The van der Waals surface area contributed by atoms with Gasteiger partial charge in [-0.3, -0.25) is 9.59 Å². The second kappa shape index (κ2) is 9.74. The molecular formula is C21H22Cl2N8O2. The Morgan fingerprint density at radius 2 is 1.79 bits per heavy atom. The molecule has 0 spiro atoms. The number of primary amides is 1. The van der Waals surface area contributed by atoms with Crippen molar-refractivity contribution in [3.63, 3.8) is 0 Å². The van der Waals surface area contributed by atoms with Gasteiger partial charge in [0.1, 0.15) is 11.5 Å². The van der Waals surface area contributed by atoms with E-state index in [2.05, 4.69) is 25.4 Å². The lowest BCUT2D eigenvalue weighted by molar-refractivity contribution is 0.0762. The molecule has 0 bridgehead atoms. The summed E-state index contributed by atoms with van der Waals surface area (Å²) in [7, 11) is 2.05. The topological polar surface area (TPSA) is 122 Å². The van der Waals surface area contributed by atoms with Crippen molar-refractivity contribution in [2.75, 3.05) is 38.5 Å². The molecule has 4 rings (SSSR count). The van der Waals surface area contributed by atoms with Crippen molar-refractivity contribution in [3.05, 3.63) is 57.8 Å². The van der Waals surface area contributed by atoms with Crippen LogP contribution in [0, 0.1) is 0 Å². The first-order valence-electron chi connectivity index (χ1n) is 10.3. The minimum atomic E-state index is -0.787. The zero-order valence-electron chi connectivity index (χ0n) is 17.8. The Morgan fingerprint density at radius 3 is 2.45 bits per heavy atom. The number of benzene rings is 1. The van der Waals surface area contributed by atoms with E-state index in [9.17, 15) is 9.59 Å². The Balaban J connectivity index is 1.55. The monoisotopic (exact) mass is 488 g/mol. The SMILES string of the molecule is CN1CCCN(C(=O)c2ccc(Nc3nn(-c4c(Cl)cccc4Cl)nc3C(N)=O)nc2)CC1. The summed E-state index contributed by atoms with van der Waals surface area (Å²) in [5.41, 5.74) is 6.15. The molecule has 0 atom stereocenters. The van der Waals surface area contributed by atoms with Gasteiger partial charge in [0.25, 0.3) is 11.8 Å². The number of hydrogen-bond acceptors (Lipinski definition) is 7. The number of carbonyl (C=O) groups is 2. The van der Waals surface area contributed by atoms with Gasteiger partial charge in [0.15, 0.2) is 11.5 Å². The second-order valence-electron chi connectivity index (χ2n) is 7.63. The van der Waals surface area contributed by atoms with Gasteiger partial charge in [0.05, 0.1) is 15.6 Å². The molecular weight excluding hydrogens is 467 g/mol. The lowest BCUT2D eigenvalue weighted by Crippen LogP contribution is -2.34. The normalized spacial score (nSPS) is 14.7. The van der Waals surface area contributed by atoms with Gasteiger partial charge in [0.2, 0.25) is 0 Å². The molecule has 1 fully saturated rings. The summed E-state index contributed by atoms with van der Waals surface area (Å²) < 4.78 is 0. The third kappa shape index (κ3) is 5.08. The van der Waals surface area contributed by atoms with E-state index in [-0.39, 0.29) is 17.4 Å². The number of hydrogen-bond donors (Lipinski definition) is 2. The number of para-hydroxylation sites is 1. The first-order valence-corrected chi connectivity index (χ1v) is 11.0. The fourth-order valence-electron chi connectivity index (χ4n) is 3.48. The van der Waals surface area contributed by atoms with E-state index in [1.807, 2.05) is 11.9 Å². The molecule has 0 radical (unpaired) electrons. The zero-order chi connectivity index (χ0) is 23.5. The van der Waals surface area contributed by atoms with Crippen LogP contribution in [-0.2, 0) is 0 Å². The molecule has 2 amide bonds. The van der Waals surface area contributed by atoms with Crippen LogP contribution in [0.15, 0.2) is 36.5 Å². The highest BCUT2D eigenvalue weighted by atomic mass is 35.5. The molecule has 12 heteroatoms. The molecule has 1 saturated heterocycles. The van der Waals surface area contributed by atoms with E-state index in [0.717, 1.165) is 24.3 Å². The maximum absolute atomic E-state index is 12.8. The minimum Gasteiger partial charge on any atom is -0.364 e. The molecule has 0 unspecified atom stereocenters. The molecule has 3 heterocycles. The fourth-order valence-corrected chi connectivity index (χ4v) is 4.03. The number of aromatic nitrogens is 4. The van der Waals surface area contributed by atoms with E-state index in [0.29, 0.717) is 40.2 Å². The van der Waals surface area contributed by atoms with Gasteiger partial charge in [-0.15, -0.1) is 15.0 Å². The van der Waals surface area contributed by atoms with Crippen LogP contribution in [-0.4, -0.2) is 74.8 Å². The van der Waals surface area contributed by atoms with Crippen LogP contribution in [0.5, 0.6) is 0 Å². The molecule has 3 N–H and O–H groups in total. The molecule has 3 aromatic rings. The van der Waals surface area contributed by atoms with Gasteiger partial charge < -0.3 is 20.9 Å². The molecule has 33 heavy (non-hydrogen) atoms. The summed E-state index contributed by atoms with van der Waals surface area (Å²) in [5, 5.41) is 11.9. The number of anilines is 2. The van der Waals surface area contributed by atoms with E-state index in [1.54, 1.807) is 30.3 Å². The molecule has 2 aromatic heterocycles. The van der Waals surface area contributed by atoms with E-state index in [4.69, 9.17) is 28.9 Å². The molecule has 1 aromatic carbocycles. The highest BCUT2D eigenvalue weighted by Gasteiger charge is 2.22. The van der Waals surface area contributed by atoms with Gasteiger partial charge in [-0.25, -0.2) is 4.98 Å². The first-order chi connectivity index (χ1) is 15.8. The highest BCUT2D eigenvalue weighted by Crippen LogP contribution is 2.28. The summed E-state index contributed by atoms with van der Waals surface area (Å²) in [6.07, 6.45) is 2.41. The van der Waals surface area contributed by atoms with Crippen LogP contribution in [0.4, 0.5) is 11.6 Å². The van der Waals surface area contributed by atoms with E-state index in [1.165, 1.54) is 6.20 Å². The number of halogens is 2. The highest BCUT2D eigenvalue weighted by molar-refractivity contribution is 6.37. The van der Waals surface area contributed by atoms with Crippen LogP contribution in [0.25, 0.3) is 5.69 Å². The van der Waals surface area contributed by atoms with Gasteiger partial charge in [-0.2, -0.15) is 0 Å². The number of nitrogens with zero attached hydrogens (tertiary/aromatic N) is 6. The van der Waals surface area contributed by atoms with Crippen molar-refractivity contribution < 1.29 is 9.59 Å². The Kier molecular flexibility index (Phi) is 6.77. The van der Waals surface area contributed by atoms with E-state index < -0.39 is 5.91 Å². The fraction of sp³-hybridized carbons (Fsp3) is 0.286. The Hall–Kier alpha value is -3.21. The molecule has 0 saturated carbocycles. The molecule has 1 aliphatic heterocycles. The quantitative estimate of drug-likeness (QED) is 0.565. The standard InChI is InChI=1S/C21H22Cl2N8O2/c1-29-8-3-9-30(11-10-29)21(33)13-6-7-16(25-12-13)26-20-17(19(24)32)27-31(28-20)18-14(22)4-2-5-15(18)23/h2,4-7,12H,3,8-11H2,1H3,(H2,24,32)(H,25,26,28). The number of rotatable bonds is 5. The van der Waals surface area contributed by atoms with Crippen LogP contribution in [0.3, 0.4) is 0 Å². The average Bonchev–Trinajstić information content (AvgIpc) is 3.06. The van der Waals surface area contributed by atoms with E-state index >= 15 is 0 Å². The number of nitrogens with two attached hydrogens (primary N) is 1. The first kappa shape index (κ1) is 23.0. The summed E-state index contributed by atoms with van der Waals surface area (Å²) in [5.74, 6) is -0.408. The second-order valence-corrected chi connectivity index (χ2v) is 8.44. The van der Waals surface area contributed by atoms with Crippen LogP contribution in [0.1, 0.15) is 27.3 Å². The van der Waals surface area contributed by atoms with Crippen molar-refractivity contribution in [3.8, 4) is 5.69 Å². The molecule has 0 aliphatic carbocycles. The van der Waals surface area contributed by atoms with Crippen LogP contribution < -0.4 is 11.1 Å². The lowest BCUT2D eigenvalue weighted by Gasteiger charge is -2.20. The summed E-state index contributed by atoms with van der Waals surface area (Å²) >= 11 is 12.4. The largest absolute Gasteiger partial charge is 0.364 e. The average molecular weight is 489 g/mol. The maximum Gasteiger partial charge on any atom is 0.273 e. The van der Waals surface area contributed by atoms with Crippen LogP contribution in [0.2, 0.25) is 10.0 Å². The lowest BCUT2D eigenvalue weighted by atomic mass is 10.2. The molecule has 1 aliphatic rings. The third-order valence-electron chi connectivity index (χ3n) is 5.25. The van der Waals surface area contributed by atoms with Crippen LogP contribution >= 0.6 is 23.2 Å². The predicted molar refractivity (Wildman–Crippen MR) is 125 cm³/mol. The third-order valence-corrected chi connectivity index (χ3v) is 5.86. The number of pyridine rings is 1. The Bertz CT molecular complexity index is 1160. The Morgan fingerprint density at radius 1 is 1.03 bits per heavy atom. The smallest absolute Gasteiger partial charge is 0.273 e. The predicted octanol–water partition coefficient (Wildman–Crippen LogP) is 2.59. The number of likely N-dealkylation sites (N-methyl/N-ethyl adjacent to an activating group) is 1.